The Morgan fingerprint density at radius 3 is 1.08 bits per heavy atom. The van der Waals surface area contributed by atoms with E-state index in [4.69, 9.17) is 25.6 Å². The van der Waals surface area contributed by atoms with Crippen molar-refractivity contribution >= 4 is 39.6 Å². The van der Waals surface area contributed by atoms with E-state index in [1.165, 1.54) is 170 Å². The number of nitrogens with zero attached hydrogens (tertiary/aromatic N) is 25. The van der Waals surface area contributed by atoms with Gasteiger partial charge in [0.2, 0.25) is 11.8 Å². The normalized spacial score (nSPS) is 28.0. The molecule has 0 aliphatic carbocycles. The first-order valence-electron chi connectivity index (χ1n) is 49.4. The molecule has 0 radical (unpaired) electrons. The number of piperazine rings is 7. The van der Waals surface area contributed by atoms with Gasteiger partial charge in [0, 0.05) is 338 Å². The van der Waals surface area contributed by atoms with Crippen LogP contribution in [0.3, 0.4) is 0 Å². The molecule has 0 aromatic carbocycles. The quantitative estimate of drug-likeness (QED) is 0.0522. The highest BCUT2D eigenvalue weighted by Gasteiger charge is 2.51. The Labute approximate surface area is 792 Å². The molecular weight excluding hydrogens is 1690 g/mol. The van der Waals surface area contributed by atoms with E-state index in [-0.39, 0.29) is 0 Å². The van der Waals surface area contributed by atoms with Crippen molar-refractivity contribution in [2.24, 2.45) is 7.05 Å². The van der Waals surface area contributed by atoms with Crippen molar-refractivity contribution in [1.29, 1.82) is 0 Å². The summed E-state index contributed by atoms with van der Waals surface area (Å²) in [6.45, 7) is 66.6. The third-order valence-electron chi connectivity index (χ3n) is 31.0. The highest BCUT2D eigenvalue weighted by molar-refractivity contribution is 7.15. The van der Waals surface area contributed by atoms with Crippen LogP contribution in [0.4, 0.5) is 5.13 Å². The molecule has 0 spiro atoms. The van der Waals surface area contributed by atoms with Gasteiger partial charge in [0.05, 0.1) is 42.7 Å². The Morgan fingerprint density at radius 1 is 0.415 bits per heavy atom. The molecule has 16 fully saturated rings. The van der Waals surface area contributed by atoms with Crippen molar-refractivity contribution in [3.8, 4) is 11.8 Å². The van der Waals surface area contributed by atoms with E-state index in [9.17, 15) is 0 Å². The Bertz CT molecular complexity index is 4420. The Kier molecular flexibility index (Phi) is 33.1. The lowest BCUT2D eigenvalue weighted by molar-refractivity contribution is -0.0844. The Balaban J connectivity index is 0.000000116. The summed E-state index contributed by atoms with van der Waals surface area (Å²) in [6, 6.07) is 25.5. The van der Waals surface area contributed by atoms with E-state index in [0.29, 0.717) is 71.2 Å². The van der Waals surface area contributed by atoms with Crippen molar-refractivity contribution in [2.45, 2.75) is 355 Å². The molecule has 16 aliphatic heterocycles. The monoisotopic (exact) mass is 1850 g/mol. The van der Waals surface area contributed by atoms with Crippen LogP contribution in [0.1, 0.15) is 223 Å². The van der Waals surface area contributed by atoms with E-state index < -0.39 is 0 Å². The summed E-state index contributed by atoms with van der Waals surface area (Å²) in [6.07, 6.45) is 17.6. The van der Waals surface area contributed by atoms with Crippen LogP contribution in [-0.4, -0.2) is 365 Å². The number of aromatic nitrogens is 10. The average molecular weight is 1850 g/mol. The fourth-order valence-corrected chi connectivity index (χ4v) is 24.0. The molecule has 0 saturated carbocycles. The lowest BCUT2D eigenvalue weighted by Gasteiger charge is -2.57. The molecule has 7 aromatic heterocycles. The second kappa shape index (κ2) is 43.6. The van der Waals surface area contributed by atoms with Gasteiger partial charge < -0.3 is 23.5 Å². The summed E-state index contributed by atoms with van der Waals surface area (Å²) < 4.78 is 21.8. The first kappa shape index (κ1) is 98.6. The predicted molar refractivity (Wildman–Crippen MR) is 524 cm³/mol. The molecule has 130 heavy (non-hydrogen) atoms. The standard InChI is InChI=1S/C16H25N3O.C15H22ClN3O.C15H25N3O.C14H24N4S.C14H24N4.C14H22N4.C11H18N4S/c1-11(2)18-9-14-6-15(10-18)19(14)8-13-5-12(3)16(20-4)17-7-13;1-10(2)18-8-12-5-13(9-18)19(12)7-11-4-14(16)15(20-3)17-6-11;1-10(2)15-5-12(16-19-15)7-18-13-6-14(18)9-17(8-13)11(3)4;1-10(2)17-7-11-5-12(8-17)18(11)9-13-6-15-14(19-13)16(3)4;1-10(2)17-8-13-5-14(9-17)18(13)7-12-6-16(4)11(3)15-12;1-10(2)17-8-13-6-14(9-17)18(13)7-12-5-4-11(3)15-16-12;1-8(2)14-5-10-3-11(6-14)15(10)4-9-7-16-13-12-9/h5,7,11,14-15H,6,8-10H2,1-4H3;4,6,10,12-13H,5,7-9H2,1-3H3;5,10-11,13-14H,6-9H2,1-4H3;6,10-12H,5,7-9H2,1-4H3;6,10,13-14H,5,7-9H2,1-4H3;4-5,10,13-14H,6-9H2,1-3H3;7-8,10-11H,3-6H2,1-2H3. The zero-order valence-electron chi connectivity index (χ0n) is 83.4. The average Bonchev–Trinajstić information content (AvgIpc) is 1.69. The first-order valence-corrected chi connectivity index (χ1v) is 51.5. The number of imidazole rings is 1. The number of hydrogen-bond acceptors (Lipinski definition) is 29. The molecule has 0 N–H and O–H groups in total. The lowest BCUT2D eigenvalue weighted by atomic mass is 9.86. The van der Waals surface area contributed by atoms with Crippen molar-refractivity contribution in [3.63, 3.8) is 0 Å². The number of thiazole rings is 1. The second-order valence-electron chi connectivity index (χ2n) is 42.7. The summed E-state index contributed by atoms with van der Waals surface area (Å²) >= 11 is 9.42. The molecule has 14 unspecified atom stereocenters. The highest BCUT2D eigenvalue weighted by atomic mass is 35.5. The Hall–Kier alpha value is -5.88. The zero-order chi connectivity index (χ0) is 92.4. The first-order chi connectivity index (χ1) is 62.2. The van der Waals surface area contributed by atoms with Gasteiger partial charge in [-0.05, 0) is 210 Å². The minimum atomic E-state index is 0.425. The molecular formula is C99H160ClN25O3S2. The molecule has 28 nitrogen and oxygen atoms in total. The molecule has 23 rings (SSSR count). The number of anilines is 1. The number of aryl methyl sites for hydroxylation is 4. The number of rotatable bonds is 25. The zero-order valence-corrected chi connectivity index (χ0v) is 85.8. The van der Waals surface area contributed by atoms with Gasteiger partial charge in [0.15, 0.2) is 5.13 Å². The summed E-state index contributed by atoms with van der Waals surface area (Å²) in [5.74, 6) is 3.78. The van der Waals surface area contributed by atoms with Gasteiger partial charge in [0.25, 0.3) is 0 Å². The van der Waals surface area contributed by atoms with Crippen LogP contribution >= 0.6 is 34.5 Å². The maximum absolute atomic E-state index is 6.15. The van der Waals surface area contributed by atoms with Crippen LogP contribution in [0.25, 0.3) is 0 Å². The molecule has 23 heterocycles. The maximum Gasteiger partial charge on any atom is 0.232 e. The largest absolute Gasteiger partial charge is 0.481 e. The molecule has 16 saturated heterocycles. The molecule has 14 atom stereocenters. The Morgan fingerprint density at radius 2 is 0.777 bits per heavy atom. The number of likely N-dealkylation sites (tertiary alicyclic amines) is 10. The summed E-state index contributed by atoms with van der Waals surface area (Å²) in [5, 5.41) is 20.5. The maximum atomic E-state index is 6.15. The minimum absolute atomic E-state index is 0.425. The fraction of sp³-hybridized carbons (Fsp3) is 0.747. The topological polar surface area (TPSA) is 201 Å². The SMILES string of the molecule is CC(C)N1CC2CC(C1)N2Cc1cnc(N(C)C)s1.CC(C)N1CC2CC(C1)N2Cc1csnn1.CC(C)c1cc(CN2C3CC2CN(C(C)C)C3)no1.COc1ncc(CN2C3CC2CN(C(C)C)C3)cc1C.COc1ncc(CN2C3CC2CN(C(C)C)C3)cc1Cl.Cc1ccc(CN2C3CC2CN(C(C)C)C3)nn1.Cc1nc(CN2C3CC2CN(C(C)C)C3)cn1C. The smallest absolute Gasteiger partial charge is 0.232 e. The van der Waals surface area contributed by atoms with Crippen molar-refractivity contribution in [3.05, 3.63) is 127 Å². The highest BCUT2D eigenvalue weighted by Crippen LogP contribution is 2.42. The molecule has 16 aliphatic rings. The van der Waals surface area contributed by atoms with Gasteiger partial charge in [-0.3, -0.25) is 68.6 Å². The summed E-state index contributed by atoms with van der Waals surface area (Å²) in [5.41, 5.74) is 9.15. The second-order valence-corrected chi connectivity index (χ2v) is 44.8. The van der Waals surface area contributed by atoms with Crippen LogP contribution in [0.2, 0.25) is 5.02 Å². The number of methoxy groups -OCH3 is 2. The molecule has 31 heteroatoms. The third-order valence-corrected chi connectivity index (χ3v) is 33.0. The van der Waals surface area contributed by atoms with E-state index in [0.717, 1.165) is 169 Å². The predicted octanol–water partition coefficient (Wildman–Crippen LogP) is 12.9. The number of pyridine rings is 2. The van der Waals surface area contributed by atoms with Crippen LogP contribution in [0.15, 0.2) is 65.0 Å². The van der Waals surface area contributed by atoms with Gasteiger partial charge in [0.1, 0.15) is 16.6 Å². The fourth-order valence-electron chi connectivity index (χ4n) is 22.5. The van der Waals surface area contributed by atoms with Crippen molar-refractivity contribution in [2.75, 3.05) is 125 Å². The van der Waals surface area contributed by atoms with Crippen LogP contribution in [0, 0.1) is 20.8 Å². The van der Waals surface area contributed by atoms with Crippen LogP contribution < -0.4 is 14.4 Å². The van der Waals surface area contributed by atoms with E-state index in [2.05, 4.69) is 305 Å². The third kappa shape index (κ3) is 23.7. The van der Waals surface area contributed by atoms with Crippen LogP contribution in [-0.2, 0) is 52.9 Å². The van der Waals surface area contributed by atoms with E-state index >= 15 is 0 Å². The minimum Gasteiger partial charge on any atom is -0.481 e. The van der Waals surface area contributed by atoms with E-state index in [1.54, 1.807) is 14.2 Å². The van der Waals surface area contributed by atoms with Crippen molar-refractivity contribution < 1.29 is 14.0 Å². The van der Waals surface area contributed by atoms with Gasteiger partial charge in [-0.1, -0.05) is 35.1 Å². The molecule has 14 bridgehead atoms. The van der Waals surface area contributed by atoms with Gasteiger partial charge in [-0.15, -0.1) is 16.4 Å². The number of piperidine rings is 7. The number of hydrogen-bond donors (Lipinski definition) is 0. The number of halogens is 1. The number of fused-ring (bicyclic) bond motifs is 14. The van der Waals surface area contributed by atoms with E-state index in [1.807, 2.05) is 42.9 Å². The molecule has 7 aromatic rings. The summed E-state index contributed by atoms with van der Waals surface area (Å²) in [4.78, 5) is 57.7. The lowest BCUT2D eigenvalue weighted by Crippen LogP contribution is -2.68. The van der Waals surface area contributed by atoms with Gasteiger partial charge in [-0.25, -0.2) is 19.9 Å². The van der Waals surface area contributed by atoms with Crippen molar-refractivity contribution in [1.82, 2.24) is 118 Å². The van der Waals surface area contributed by atoms with Crippen LogP contribution in [0.5, 0.6) is 11.8 Å². The van der Waals surface area contributed by atoms with Gasteiger partial charge >= 0.3 is 0 Å². The molecule has 718 valence electrons. The molecule has 0 amide bonds. The number of ether oxygens (including phenoxy) is 2. The van der Waals surface area contributed by atoms with Gasteiger partial charge in [-0.2, -0.15) is 10.2 Å². The summed E-state index contributed by atoms with van der Waals surface area (Å²) in [7, 11) is 9.45.